The van der Waals surface area contributed by atoms with Gasteiger partial charge < -0.3 is 0 Å². The van der Waals surface area contributed by atoms with Crippen molar-refractivity contribution < 1.29 is 0 Å². The molecule has 0 aliphatic rings. The number of hydrogen-bond donors (Lipinski definition) is 2. The molecule has 0 saturated carbocycles. The van der Waals surface area contributed by atoms with Gasteiger partial charge in [-0.25, -0.2) is 5.43 Å². The molecule has 1 aromatic heterocycles. The van der Waals surface area contributed by atoms with E-state index in [2.05, 4.69) is 80.5 Å². The number of rotatable bonds is 3. The van der Waals surface area contributed by atoms with Crippen molar-refractivity contribution in [3.63, 3.8) is 0 Å². The summed E-state index contributed by atoms with van der Waals surface area (Å²) in [6.45, 7) is 2.10. The molecule has 90 valence electrons. The third-order valence-electron chi connectivity index (χ3n) is 2.52. The molecule has 0 aliphatic heterocycles. The molecule has 1 unspecified atom stereocenters. The Morgan fingerprint density at radius 2 is 2.18 bits per heavy atom. The number of nitrogens with two attached hydrogens (primary N) is 1. The fourth-order valence-corrected chi connectivity index (χ4v) is 3.44. The van der Waals surface area contributed by atoms with Gasteiger partial charge in [0.2, 0.25) is 0 Å². The van der Waals surface area contributed by atoms with Gasteiger partial charge in [-0.15, -0.1) is 11.3 Å². The van der Waals surface area contributed by atoms with Gasteiger partial charge in [-0.05, 0) is 70.3 Å². The molecular formula is C12H12BrIN2S. The quantitative estimate of drug-likeness (QED) is 0.446. The van der Waals surface area contributed by atoms with Crippen LogP contribution in [0.1, 0.15) is 22.0 Å². The van der Waals surface area contributed by atoms with E-state index in [0.29, 0.717) is 0 Å². The van der Waals surface area contributed by atoms with E-state index in [9.17, 15) is 0 Å². The van der Waals surface area contributed by atoms with Gasteiger partial charge in [0, 0.05) is 12.9 Å². The molecular weight excluding hydrogens is 411 g/mol. The zero-order valence-corrected chi connectivity index (χ0v) is 13.8. The molecule has 1 aromatic carbocycles. The molecule has 0 saturated heterocycles. The van der Waals surface area contributed by atoms with E-state index < -0.39 is 0 Å². The third-order valence-corrected chi connectivity index (χ3v) is 4.79. The predicted octanol–water partition coefficient (Wildman–Crippen LogP) is 3.98. The monoisotopic (exact) mass is 422 g/mol. The highest BCUT2D eigenvalue weighted by atomic mass is 127. The lowest BCUT2D eigenvalue weighted by atomic mass is 10.0. The summed E-state index contributed by atoms with van der Waals surface area (Å²) >= 11 is 7.63. The molecule has 0 amide bonds. The standard InChI is InChI=1S/C12H12BrIN2S/c1-7-4-8(6-17-7)12(16-15)10-5-9(14)2-3-11(10)13/h2-6,12,16H,15H2,1H3. The maximum Gasteiger partial charge on any atom is 0.0729 e. The lowest BCUT2D eigenvalue weighted by Gasteiger charge is -2.17. The van der Waals surface area contributed by atoms with E-state index in [1.54, 1.807) is 11.3 Å². The van der Waals surface area contributed by atoms with Crippen LogP contribution in [-0.4, -0.2) is 0 Å². The van der Waals surface area contributed by atoms with Crippen LogP contribution in [-0.2, 0) is 0 Å². The highest BCUT2D eigenvalue weighted by Gasteiger charge is 2.16. The van der Waals surface area contributed by atoms with Crippen molar-refractivity contribution in [3.8, 4) is 0 Å². The van der Waals surface area contributed by atoms with Crippen LogP contribution in [0.2, 0.25) is 0 Å². The Hall–Kier alpha value is 0.0500. The van der Waals surface area contributed by atoms with Crippen molar-refractivity contribution in [2.24, 2.45) is 5.84 Å². The molecule has 17 heavy (non-hydrogen) atoms. The van der Waals surface area contributed by atoms with Crippen LogP contribution in [0.4, 0.5) is 0 Å². The summed E-state index contributed by atoms with van der Waals surface area (Å²) in [6, 6.07) is 8.47. The van der Waals surface area contributed by atoms with Gasteiger partial charge in [-0.1, -0.05) is 15.9 Å². The first kappa shape index (κ1) is 13.5. The second-order valence-electron chi connectivity index (χ2n) is 3.76. The minimum atomic E-state index is 0.0315. The Labute approximate surface area is 127 Å². The van der Waals surface area contributed by atoms with Crippen molar-refractivity contribution in [1.29, 1.82) is 0 Å². The van der Waals surface area contributed by atoms with E-state index in [4.69, 9.17) is 5.84 Å². The van der Waals surface area contributed by atoms with Gasteiger partial charge >= 0.3 is 0 Å². The van der Waals surface area contributed by atoms with Crippen molar-refractivity contribution in [2.45, 2.75) is 13.0 Å². The Morgan fingerprint density at radius 1 is 1.41 bits per heavy atom. The van der Waals surface area contributed by atoms with Gasteiger partial charge in [0.15, 0.2) is 0 Å². The lowest BCUT2D eigenvalue weighted by molar-refractivity contribution is 0.636. The van der Waals surface area contributed by atoms with Crippen molar-refractivity contribution >= 4 is 49.9 Å². The van der Waals surface area contributed by atoms with Crippen LogP contribution in [0.3, 0.4) is 0 Å². The van der Waals surface area contributed by atoms with E-state index in [0.717, 1.165) is 10.0 Å². The molecule has 2 aromatic rings. The van der Waals surface area contributed by atoms with Gasteiger partial charge in [0.25, 0.3) is 0 Å². The number of halogens is 2. The van der Waals surface area contributed by atoms with Crippen LogP contribution in [0.25, 0.3) is 0 Å². The summed E-state index contributed by atoms with van der Waals surface area (Å²) in [6.07, 6.45) is 0. The molecule has 0 spiro atoms. The summed E-state index contributed by atoms with van der Waals surface area (Å²) in [5.74, 6) is 5.70. The summed E-state index contributed by atoms with van der Waals surface area (Å²) in [5, 5.41) is 2.15. The van der Waals surface area contributed by atoms with Crippen molar-refractivity contribution in [3.05, 3.63) is 53.7 Å². The van der Waals surface area contributed by atoms with Crippen LogP contribution >= 0.6 is 49.9 Å². The zero-order chi connectivity index (χ0) is 12.4. The van der Waals surface area contributed by atoms with Crippen LogP contribution in [0.15, 0.2) is 34.1 Å². The maximum atomic E-state index is 5.70. The topological polar surface area (TPSA) is 38.0 Å². The van der Waals surface area contributed by atoms with Crippen LogP contribution in [0.5, 0.6) is 0 Å². The Kier molecular flexibility index (Phi) is 4.59. The van der Waals surface area contributed by atoms with E-state index in [1.807, 2.05) is 0 Å². The fourth-order valence-electron chi connectivity index (χ4n) is 1.72. The largest absolute Gasteiger partial charge is 0.271 e. The highest BCUT2D eigenvalue weighted by Crippen LogP contribution is 2.31. The Bertz CT molecular complexity index is 527. The first-order valence-corrected chi connectivity index (χ1v) is 7.83. The smallest absolute Gasteiger partial charge is 0.0729 e. The van der Waals surface area contributed by atoms with Crippen molar-refractivity contribution in [2.75, 3.05) is 0 Å². The molecule has 0 aliphatic carbocycles. The van der Waals surface area contributed by atoms with Crippen LogP contribution < -0.4 is 11.3 Å². The number of nitrogens with one attached hydrogen (secondary N) is 1. The summed E-state index contributed by atoms with van der Waals surface area (Å²) in [5.41, 5.74) is 5.26. The van der Waals surface area contributed by atoms with Crippen molar-refractivity contribution in [1.82, 2.24) is 5.43 Å². The minimum Gasteiger partial charge on any atom is -0.271 e. The van der Waals surface area contributed by atoms with E-state index in [1.165, 1.54) is 14.0 Å². The maximum absolute atomic E-state index is 5.70. The molecule has 5 heteroatoms. The lowest BCUT2D eigenvalue weighted by Crippen LogP contribution is -2.28. The zero-order valence-electron chi connectivity index (χ0n) is 9.21. The van der Waals surface area contributed by atoms with Gasteiger partial charge in [0.1, 0.15) is 0 Å². The summed E-state index contributed by atoms with van der Waals surface area (Å²) in [4.78, 5) is 1.29. The third kappa shape index (κ3) is 3.08. The SMILES string of the molecule is Cc1cc(C(NN)c2cc(I)ccc2Br)cs1. The Morgan fingerprint density at radius 3 is 2.76 bits per heavy atom. The number of hydrazine groups is 1. The second-order valence-corrected chi connectivity index (χ2v) is 6.97. The first-order chi connectivity index (χ1) is 8.11. The molecule has 1 heterocycles. The molecule has 2 rings (SSSR count). The second kappa shape index (κ2) is 5.79. The summed E-state index contributed by atoms with van der Waals surface area (Å²) < 4.78 is 2.28. The molecule has 3 N–H and O–H groups in total. The normalized spacial score (nSPS) is 12.7. The van der Waals surface area contributed by atoms with Gasteiger partial charge in [0.05, 0.1) is 6.04 Å². The number of thiophene rings is 1. The molecule has 0 fully saturated rings. The number of aryl methyl sites for hydroxylation is 1. The molecule has 0 bridgehead atoms. The van der Waals surface area contributed by atoms with Gasteiger partial charge in [-0.2, -0.15) is 0 Å². The number of benzene rings is 1. The van der Waals surface area contributed by atoms with E-state index in [-0.39, 0.29) is 6.04 Å². The van der Waals surface area contributed by atoms with Crippen LogP contribution in [0, 0.1) is 10.5 Å². The fraction of sp³-hybridized carbons (Fsp3) is 0.167. The Balaban J connectivity index is 2.45. The molecule has 0 radical (unpaired) electrons. The molecule has 2 nitrogen and oxygen atoms in total. The number of hydrogen-bond acceptors (Lipinski definition) is 3. The first-order valence-electron chi connectivity index (χ1n) is 5.08. The van der Waals surface area contributed by atoms with E-state index >= 15 is 0 Å². The predicted molar refractivity (Wildman–Crippen MR) is 85.1 cm³/mol. The highest BCUT2D eigenvalue weighted by molar-refractivity contribution is 14.1. The minimum absolute atomic E-state index is 0.0315. The molecule has 1 atom stereocenters. The average Bonchev–Trinajstić information content (AvgIpc) is 2.71. The summed E-state index contributed by atoms with van der Waals surface area (Å²) in [7, 11) is 0. The van der Waals surface area contributed by atoms with Gasteiger partial charge in [-0.3, -0.25) is 5.84 Å². The average molecular weight is 423 g/mol.